The van der Waals surface area contributed by atoms with Crippen molar-refractivity contribution in [2.45, 2.75) is 33.2 Å². The van der Waals surface area contributed by atoms with Gasteiger partial charge in [0.15, 0.2) is 5.75 Å². The second-order valence-electron chi connectivity index (χ2n) is 7.14. The van der Waals surface area contributed by atoms with Crippen LogP contribution in [0.5, 0.6) is 5.75 Å². The molecule has 0 fully saturated rings. The summed E-state index contributed by atoms with van der Waals surface area (Å²) < 4.78 is 20.4. The van der Waals surface area contributed by atoms with E-state index in [0.29, 0.717) is 34.8 Å². The Labute approximate surface area is 182 Å². The summed E-state index contributed by atoms with van der Waals surface area (Å²) in [5, 5.41) is 2.37. The minimum Gasteiger partial charge on any atom is -0.488 e. The second-order valence-corrected chi connectivity index (χ2v) is 8.00. The average molecular weight is 440 g/mol. The molecule has 0 spiro atoms. The number of hydrogen-bond acceptors (Lipinski definition) is 5. The summed E-state index contributed by atoms with van der Waals surface area (Å²) in [5.41, 5.74) is 1.66. The smallest absolute Gasteiger partial charge is 0.263 e. The molecule has 160 valence electrons. The van der Waals surface area contributed by atoms with Crippen LogP contribution >= 0.6 is 11.3 Å². The predicted octanol–water partition coefficient (Wildman–Crippen LogP) is 4.35. The molecule has 31 heavy (non-hydrogen) atoms. The zero-order valence-corrected chi connectivity index (χ0v) is 18.1. The Bertz CT molecular complexity index is 1340. The third kappa shape index (κ3) is 4.16. The number of nitrogens with zero attached hydrogens (tertiary/aromatic N) is 2. The molecule has 0 saturated heterocycles. The van der Waals surface area contributed by atoms with Gasteiger partial charge in [-0.3, -0.25) is 14.2 Å². The van der Waals surface area contributed by atoms with Crippen LogP contribution in [-0.4, -0.2) is 21.1 Å². The molecule has 8 heteroatoms. The summed E-state index contributed by atoms with van der Waals surface area (Å²) in [7, 11) is 0. The molecule has 0 aliphatic heterocycles. The summed E-state index contributed by atoms with van der Waals surface area (Å²) in [6, 6.07) is 7.51. The van der Waals surface area contributed by atoms with Crippen molar-refractivity contribution in [1.29, 1.82) is 0 Å². The first-order chi connectivity index (χ1) is 15.0. The van der Waals surface area contributed by atoms with Crippen LogP contribution in [0.1, 0.15) is 31.8 Å². The summed E-state index contributed by atoms with van der Waals surface area (Å²) in [6.45, 7) is 4.55. The zero-order chi connectivity index (χ0) is 22.0. The Morgan fingerprint density at radius 3 is 2.65 bits per heavy atom. The molecule has 0 atom stereocenters. The number of aromatic amines is 1. The molecule has 0 unspecified atom stereocenters. The number of hydrogen-bond donors (Lipinski definition) is 1. The third-order valence-electron chi connectivity index (χ3n) is 4.97. The highest BCUT2D eigenvalue weighted by molar-refractivity contribution is 7.17. The van der Waals surface area contributed by atoms with Crippen LogP contribution in [0.3, 0.4) is 0 Å². The number of aromatic nitrogens is 3. The van der Waals surface area contributed by atoms with Crippen molar-refractivity contribution in [1.82, 2.24) is 14.5 Å². The molecular formula is C23H22FN3O3S. The second kappa shape index (κ2) is 8.85. The van der Waals surface area contributed by atoms with Gasteiger partial charge in [-0.05, 0) is 24.1 Å². The third-order valence-corrected chi connectivity index (χ3v) is 5.84. The van der Waals surface area contributed by atoms with Crippen LogP contribution in [0, 0.1) is 5.82 Å². The number of aryl methyl sites for hydroxylation is 1. The maximum atomic E-state index is 13.5. The van der Waals surface area contributed by atoms with E-state index in [-0.39, 0.29) is 29.1 Å². The highest BCUT2D eigenvalue weighted by atomic mass is 32.1. The van der Waals surface area contributed by atoms with Gasteiger partial charge in [0.1, 0.15) is 16.5 Å². The van der Waals surface area contributed by atoms with Gasteiger partial charge in [-0.2, -0.15) is 0 Å². The van der Waals surface area contributed by atoms with Gasteiger partial charge >= 0.3 is 0 Å². The van der Waals surface area contributed by atoms with Gasteiger partial charge in [0.05, 0.1) is 18.5 Å². The predicted molar refractivity (Wildman–Crippen MR) is 121 cm³/mol. The summed E-state index contributed by atoms with van der Waals surface area (Å²) >= 11 is 1.39. The minimum atomic E-state index is -0.331. The van der Waals surface area contributed by atoms with Crippen molar-refractivity contribution >= 4 is 21.6 Å². The van der Waals surface area contributed by atoms with Crippen molar-refractivity contribution < 1.29 is 9.13 Å². The number of halogens is 1. The number of rotatable bonds is 7. The lowest BCUT2D eigenvalue weighted by Crippen LogP contribution is -2.26. The lowest BCUT2D eigenvalue weighted by atomic mass is 10.1. The zero-order valence-electron chi connectivity index (χ0n) is 17.3. The molecule has 0 amide bonds. The first-order valence-corrected chi connectivity index (χ1v) is 11.0. The van der Waals surface area contributed by atoms with Crippen molar-refractivity contribution in [2.24, 2.45) is 0 Å². The highest BCUT2D eigenvalue weighted by Crippen LogP contribution is 2.31. The van der Waals surface area contributed by atoms with E-state index in [4.69, 9.17) is 4.74 Å². The van der Waals surface area contributed by atoms with Crippen LogP contribution in [0.4, 0.5) is 4.39 Å². The van der Waals surface area contributed by atoms with E-state index in [1.807, 2.05) is 19.2 Å². The van der Waals surface area contributed by atoms with Gasteiger partial charge in [-0.25, -0.2) is 9.37 Å². The Balaban J connectivity index is 1.78. The Morgan fingerprint density at radius 1 is 1.19 bits per heavy atom. The van der Waals surface area contributed by atoms with Crippen LogP contribution < -0.4 is 15.7 Å². The van der Waals surface area contributed by atoms with Gasteiger partial charge in [0.25, 0.3) is 5.56 Å². The van der Waals surface area contributed by atoms with E-state index >= 15 is 0 Å². The summed E-state index contributed by atoms with van der Waals surface area (Å²) in [6.07, 6.45) is 2.90. The fourth-order valence-corrected chi connectivity index (χ4v) is 4.38. The van der Waals surface area contributed by atoms with Crippen LogP contribution in [0.25, 0.3) is 21.3 Å². The summed E-state index contributed by atoms with van der Waals surface area (Å²) in [5.74, 6) is 0.568. The lowest BCUT2D eigenvalue weighted by molar-refractivity contribution is 0.313. The van der Waals surface area contributed by atoms with Crippen molar-refractivity contribution in [3.8, 4) is 16.9 Å². The molecular weight excluding hydrogens is 417 g/mol. The van der Waals surface area contributed by atoms with Crippen molar-refractivity contribution in [3.63, 3.8) is 0 Å². The first kappa shape index (κ1) is 21.0. The molecule has 0 aliphatic rings. The fourth-order valence-electron chi connectivity index (χ4n) is 3.43. The van der Waals surface area contributed by atoms with E-state index in [1.165, 1.54) is 35.7 Å². The van der Waals surface area contributed by atoms with E-state index < -0.39 is 0 Å². The van der Waals surface area contributed by atoms with Crippen molar-refractivity contribution in [3.05, 3.63) is 79.8 Å². The maximum Gasteiger partial charge on any atom is 0.263 e. The number of benzene rings is 1. The summed E-state index contributed by atoms with van der Waals surface area (Å²) in [4.78, 5) is 34.2. The SMILES string of the molecule is CCCOc1c[nH]c(Cn2c(CC)nc3scc(-c4ccc(F)cc4)c3c2=O)cc1=O. The topological polar surface area (TPSA) is 77.0 Å². The Kier molecular flexibility index (Phi) is 5.99. The number of pyridine rings is 1. The van der Waals surface area contributed by atoms with Gasteiger partial charge in [-0.1, -0.05) is 26.0 Å². The highest BCUT2D eigenvalue weighted by Gasteiger charge is 2.17. The molecule has 0 radical (unpaired) electrons. The number of H-pyrrole nitrogens is 1. The molecule has 0 aliphatic carbocycles. The van der Waals surface area contributed by atoms with Crippen molar-refractivity contribution in [2.75, 3.05) is 6.61 Å². The number of fused-ring (bicyclic) bond motifs is 1. The van der Waals surface area contributed by atoms with Crippen LogP contribution in [0.2, 0.25) is 0 Å². The average Bonchev–Trinajstić information content (AvgIpc) is 3.19. The number of thiophene rings is 1. The number of nitrogens with one attached hydrogen (secondary N) is 1. The van der Waals surface area contributed by atoms with Crippen LogP contribution in [-0.2, 0) is 13.0 Å². The van der Waals surface area contributed by atoms with E-state index in [9.17, 15) is 14.0 Å². The molecule has 3 heterocycles. The Hall–Kier alpha value is -3.26. The Morgan fingerprint density at radius 2 is 1.97 bits per heavy atom. The largest absolute Gasteiger partial charge is 0.488 e. The van der Waals surface area contributed by atoms with E-state index in [1.54, 1.807) is 16.7 Å². The van der Waals surface area contributed by atoms with Gasteiger partial charge in [0.2, 0.25) is 5.43 Å². The minimum absolute atomic E-state index is 0.186. The first-order valence-electron chi connectivity index (χ1n) is 10.1. The molecule has 4 rings (SSSR count). The van der Waals surface area contributed by atoms with Gasteiger partial charge < -0.3 is 9.72 Å². The van der Waals surface area contributed by atoms with E-state index in [0.717, 1.165) is 17.5 Å². The quantitative estimate of drug-likeness (QED) is 0.464. The van der Waals surface area contributed by atoms with Gasteiger partial charge in [-0.15, -0.1) is 11.3 Å². The molecule has 0 bridgehead atoms. The maximum absolute atomic E-state index is 13.5. The van der Waals surface area contributed by atoms with Gasteiger partial charge in [0, 0.05) is 35.3 Å². The molecule has 4 aromatic rings. The molecule has 1 N–H and O–H groups in total. The lowest BCUT2D eigenvalue weighted by Gasteiger charge is -2.12. The molecule has 6 nitrogen and oxygen atoms in total. The monoisotopic (exact) mass is 439 g/mol. The number of ether oxygens (including phenoxy) is 1. The molecule has 1 aromatic carbocycles. The normalized spacial score (nSPS) is 11.2. The van der Waals surface area contributed by atoms with Crippen LogP contribution in [0.15, 0.2) is 51.5 Å². The molecule has 0 saturated carbocycles. The van der Waals surface area contributed by atoms with E-state index in [2.05, 4.69) is 9.97 Å². The fraction of sp³-hybridized carbons (Fsp3) is 0.261. The standard InChI is InChI=1S/C23H22FN3O3S/c1-3-9-30-19-11-25-16(10-18(19)28)12-27-20(4-2)26-22-21(23(27)29)17(13-31-22)14-5-7-15(24)8-6-14/h5-8,10-11,13H,3-4,9,12H2,1-2H3,(H,25,28). The molecule has 3 aromatic heterocycles.